The Kier molecular flexibility index (Phi) is 4.98. The summed E-state index contributed by atoms with van der Waals surface area (Å²) >= 11 is 0. The lowest BCUT2D eigenvalue weighted by atomic mass is 9.76. The average Bonchev–Trinajstić information content (AvgIpc) is 2.88. The van der Waals surface area contributed by atoms with Gasteiger partial charge in [-0.1, -0.05) is 24.3 Å². The van der Waals surface area contributed by atoms with Crippen molar-refractivity contribution in [2.45, 2.75) is 38.8 Å². The first kappa shape index (κ1) is 19.3. The highest BCUT2D eigenvalue weighted by Crippen LogP contribution is 2.50. The van der Waals surface area contributed by atoms with Crippen LogP contribution < -0.4 is 9.64 Å². The Hall–Kier alpha value is -2.43. The maximum Gasteiger partial charge on any atom is 0.416 e. The maximum atomic E-state index is 13.1. The number of likely N-dealkylation sites (N-methyl/N-ethyl adjacent to an activating group) is 1. The van der Waals surface area contributed by atoms with Crippen LogP contribution in [0.1, 0.15) is 37.5 Å². The van der Waals surface area contributed by atoms with Crippen molar-refractivity contribution in [3.05, 3.63) is 70.9 Å². The van der Waals surface area contributed by atoms with Crippen molar-refractivity contribution in [1.29, 1.82) is 0 Å². The van der Waals surface area contributed by atoms with Crippen molar-refractivity contribution in [2.24, 2.45) is 0 Å². The molecule has 0 saturated heterocycles. The van der Waals surface area contributed by atoms with E-state index >= 15 is 0 Å². The van der Waals surface area contributed by atoms with E-state index in [9.17, 15) is 13.2 Å². The van der Waals surface area contributed by atoms with Crippen molar-refractivity contribution in [3.63, 3.8) is 0 Å². The smallest absolute Gasteiger partial charge is 0.416 e. The number of nitrogens with zero attached hydrogens (tertiary/aromatic N) is 1. The monoisotopic (exact) mass is 375 g/mol. The van der Waals surface area contributed by atoms with Crippen LogP contribution in [0.2, 0.25) is 0 Å². The minimum atomic E-state index is -4.34. The molecule has 5 heteroatoms. The maximum absolute atomic E-state index is 13.1. The fourth-order valence-corrected chi connectivity index (χ4v) is 4.15. The zero-order chi connectivity index (χ0) is 19.8. The molecule has 0 amide bonds. The largest absolute Gasteiger partial charge is 0.497 e. The van der Waals surface area contributed by atoms with Gasteiger partial charge in [0.25, 0.3) is 0 Å². The van der Waals surface area contributed by atoms with Gasteiger partial charge in [-0.15, -0.1) is 0 Å². The van der Waals surface area contributed by atoms with Crippen molar-refractivity contribution >= 4 is 5.69 Å². The quantitative estimate of drug-likeness (QED) is 0.654. The van der Waals surface area contributed by atoms with Crippen LogP contribution in [0.5, 0.6) is 5.75 Å². The number of rotatable bonds is 4. The molecule has 3 rings (SSSR count). The minimum absolute atomic E-state index is 0.432. The standard InChI is InChI=1S/C22H24F3NO/c1-5-20-21(3,14-15-8-7-9-16(12-15)22(23,24)25)18-13-17(27-4)10-11-19(18)26(20)6-2/h5,7-13H,6,14H2,1-4H3/b20-5-. The molecule has 1 heterocycles. The summed E-state index contributed by atoms with van der Waals surface area (Å²) in [5.74, 6) is 0.748. The van der Waals surface area contributed by atoms with Crippen LogP contribution in [0.25, 0.3) is 0 Å². The van der Waals surface area contributed by atoms with Gasteiger partial charge in [-0.3, -0.25) is 0 Å². The molecule has 0 N–H and O–H groups in total. The second-order valence-electron chi connectivity index (χ2n) is 7.01. The zero-order valence-corrected chi connectivity index (χ0v) is 16.0. The molecule has 0 fully saturated rings. The molecule has 2 nitrogen and oxygen atoms in total. The van der Waals surface area contributed by atoms with Gasteiger partial charge in [0.2, 0.25) is 0 Å². The minimum Gasteiger partial charge on any atom is -0.497 e. The molecule has 27 heavy (non-hydrogen) atoms. The molecule has 0 aliphatic carbocycles. The summed E-state index contributed by atoms with van der Waals surface area (Å²) in [6.07, 6.45) is -1.80. The lowest BCUT2D eigenvalue weighted by Crippen LogP contribution is -2.30. The van der Waals surface area contributed by atoms with Gasteiger partial charge in [0.05, 0.1) is 12.7 Å². The van der Waals surface area contributed by atoms with Crippen LogP contribution in [-0.4, -0.2) is 13.7 Å². The second kappa shape index (κ2) is 6.95. The van der Waals surface area contributed by atoms with Crippen molar-refractivity contribution in [3.8, 4) is 5.75 Å². The molecular weight excluding hydrogens is 351 g/mol. The summed E-state index contributed by atoms with van der Waals surface area (Å²) in [4.78, 5) is 2.22. The van der Waals surface area contributed by atoms with Crippen molar-refractivity contribution in [2.75, 3.05) is 18.6 Å². The third-order valence-electron chi connectivity index (χ3n) is 5.35. The van der Waals surface area contributed by atoms with E-state index in [2.05, 4.69) is 24.8 Å². The number of fused-ring (bicyclic) bond motifs is 1. The second-order valence-corrected chi connectivity index (χ2v) is 7.01. The zero-order valence-electron chi connectivity index (χ0n) is 16.0. The Morgan fingerprint density at radius 2 is 1.89 bits per heavy atom. The fourth-order valence-electron chi connectivity index (χ4n) is 4.15. The Bertz CT molecular complexity index is 872. The number of halogens is 3. The van der Waals surface area contributed by atoms with Gasteiger partial charge in [0.15, 0.2) is 0 Å². The fraction of sp³-hybridized carbons (Fsp3) is 0.364. The number of allylic oxidation sites excluding steroid dienone is 2. The average molecular weight is 375 g/mol. The third kappa shape index (κ3) is 3.31. The third-order valence-corrected chi connectivity index (χ3v) is 5.35. The number of ether oxygens (including phenoxy) is 1. The first-order valence-electron chi connectivity index (χ1n) is 9.03. The molecule has 0 radical (unpaired) electrons. The molecule has 144 valence electrons. The Balaban J connectivity index is 2.11. The van der Waals surface area contributed by atoms with Crippen LogP contribution in [0.4, 0.5) is 18.9 Å². The van der Waals surface area contributed by atoms with Crippen LogP contribution in [0.15, 0.2) is 54.2 Å². The number of hydrogen-bond donors (Lipinski definition) is 0. The van der Waals surface area contributed by atoms with Gasteiger partial charge in [-0.2, -0.15) is 13.2 Å². The molecule has 1 atom stereocenters. The van der Waals surface area contributed by atoms with Gasteiger partial charge in [-0.25, -0.2) is 0 Å². The van der Waals surface area contributed by atoms with Gasteiger partial charge in [-0.05, 0) is 62.6 Å². The van der Waals surface area contributed by atoms with Gasteiger partial charge in [0, 0.05) is 23.3 Å². The summed E-state index contributed by atoms with van der Waals surface area (Å²) < 4.78 is 44.8. The highest BCUT2D eigenvalue weighted by molar-refractivity contribution is 5.72. The van der Waals surface area contributed by atoms with E-state index in [0.717, 1.165) is 35.3 Å². The topological polar surface area (TPSA) is 12.5 Å². The molecule has 0 spiro atoms. The van der Waals surface area contributed by atoms with E-state index < -0.39 is 17.2 Å². The van der Waals surface area contributed by atoms with E-state index in [1.165, 1.54) is 12.1 Å². The normalized spacial score (nSPS) is 20.9. The first-order chi connectivity index (χ1) is 12.7. The van der Waals surface area contributed by atoms with Crippen LogP contribution in [-0.2, 0) is 18.0 Å². The molecule has 0 saturated carbocycles. The van der Waals surface area contributed by atoms with Gasteiger partial charge < -0.3 is 9.64 Å². The number of anilines is 1. The van der Waals surface area contributed by atoms with Gasteiger partial charge in [0.1, 0.15) is 5.75 Å². The number of methoxy groups -OCH3 is 1. The van der Waals surface area contributed by atoms with Crippen molar-refractivity contribution < 1.29 is 17.9 Å². The van der Waals surface area contributed by atoms with Crippen LogP contribution in [0, 0.1) is 0 Å². The summed E-state index contributed by atoms with van der Waals surface area (Å²) in [5, 5.41) is 0. The van der Waals surface area contributed by atoms with E-state index in [-0.39, 0.29) is 0 Å². The Morgan fingerprint density at radius 3 is 2.48 bits per heavy atom. The Morgan fingerprint density at radius 1 is 1.15 bits per heavy atom. The number of hydrogen-bond acceptors (Lipinski definition) is 2. The van der Waals surface area contributed by atoms with E-state index in [4.69, 9.17) is 4.74 Å². The summed E-state index contributed by atoms with van der Waals surface area (Å²) in [6, 6.07) is 11.6. The number of benzene rings is 2. The van der Waals surface area contributed by atoms with E-state index in [1.54, 1.807) is 13.2 Å². The molecule has 1 unspecified atom stereocenters. The molecule has 1 aliphatic rings. The van der Waals surface area contributed by atoms with Crippen molar-refractivity contribution in [1.82, 2.24) is 0 Å². The van der Waals surface area contributed by atoms with Crippen LogP contribution >= 0.6 is 0 Å². The Labute approximate surface area is 158 Å². The van der Waals surface area contributed by atoms with Gasteiger partial charge >= 0.3 is 6.18 Å². The highest BCUT2D eigenvalue weighted by atomic mass is 19.4. The molecule has 1 aliphatic heterocycles. The molecule has 2 aromatic rings. The number of alkyl halides is 3. The van der Waals surface area contributed by atoms with Crippen LogP contribution in [0.3, 0.4) is 0 Å². The predicted octanol–water partition coefficient (Wildman–Crippen LogP) is 5.96. The predicted molar refractivity (Wildman–Crippen MR) is 102 cm³/mol. The first-order valence-corrected chi connectivity index (χ1v) is 9.03. The lowest BCUT2D eigenvalue weighted by Gasteiger charge is -2.30. The summed E-state index contributed by atoms with van der Waals surface area (Å²) in [6.45, 7) is 6.94. The summed E-state index contributed by atoms with van der Waals surface area (Å²) in [5.41, 5.74) is 2.89. The SMILES string of the molecule is C/C=C1\N(CC)c2ccc(OC)cc2C1(C)Cc1cccc(C(F)(F)F)c1. The molecule has 0 bridgehead atoms. The van der Waals surface area contributed by atoms with E-state index in [0.29, 0.717) is 12.0 Å². The molecule has 0 aromatic heterocycles. The highest BCUT2D eigenvalue weighted by Gasteiger charge is 2.43. The molecule has 2 aromatic carbocycles. The van der Waals surface area contributed by atoms with E-state index in [1.807, 2.05) is 25.1 Å². The molecular formula is C22H24F3NO. The lowest BCUT2D eigenvalue weighted by molar-refractivity contribution is -0.137. The summed E-state index contributed by atoms with van der Waals surface area (Å²) in [7, 11) is 1.62.